The number of hydrogen-bond donors (Lipinski definition) is 1. The molecular weight excluding hydrogens is 213 g/mol. The minimum Gasteiger partial charge on any atom is -0.385 e. The van der Waals surface area contributed by atoms with Gasteiger partial charge < -0.3 is 15.0 Å². The van der Waals surface area contributed by atoms with Gasteiger partial charge in [0, 0.05) is 27.3 Å². The number of methoxy groups -OCH3 is 1. The Morgan fingerprint density at radius 3 is 2.53 bits per heavy atom. The number of nitrogens with one attached hydrogen (secondary N) is 1. The van der Waals surface area contributed by atoms with Crippen molar-refractivity contribution >= 4 is 6.03 Å². The van der Waals surface area contributed by atoms with Crippen LogP contribution in [0.15, 0.2) is 0 Å². The summed E-state index contributed by atoms with van der Waals surface area (Å²) in [6, 6.07) is -0.733. The molecule has 0 radical (unpaired) electrons. The lowest BCUT2D eigenvalue weighted by molar-refractivity contribution is -0.123. The zero-order valence-electron chi connectivity index (χ0n) is 8.73. The van der Waals surface area contributed by atoms with Crippen molar-refractivity contribution in [2.75, 3.05) is 33.9 Å². The molecule has 0 rings (SSSR count). The van der Waals surface area contributed by atoms with Crippen LogP contribution in [0.4, 0.5) is 18.0 Å². The van der Waals surface area contributed by atoms with Crippen LogP contribution in [0.2, 0.25) is 0 Å². The zero-order valence-corrected chi connectivity index (χ0v) is 8.73. The summed E-state index contributed by atoms with van der Waals surface area (Å²) in [5.74, 6) is 0. The third-order valence-electron chi connectivity index (χ3n) is 1.63. The number of nitrogens with zero attached hydrogens (tertiary/aromatic N) is 1. The summed E-state index contributed by atoms with van der Waals surface area (Å²) >= 11 is 0. The molecule has 4 nitrogen and oxygen atoms in total. The fourth-order valence-electron chi connectivity index (χ4n) is 0.858. The SMILES string of the molecule is COCCCN(C)C(=O)NCC(F)(F)F. The lowest BCUT2D eigenvalue weighted by Crippen LogP contribution is -2.42. The predicted octanol–water partition coefficient (Wildman–Crippen LogP) is 1.23. The second kappa shape index (κ2) is 6.49. The molecule has 0 heterocycles. The summed E-state index contributed by atoms with van der Waals surface area (Å²) in [5, 5.41) is 1.77. The zero-order chi connectivity index (χ0) is 11.9. The molecule has 0 unspecified atom stereocenters. The van der Waals surface area contributed by atoms with Crippen LogP contribution in [0, 0.1) is 0 Å². The van der Waals surface area contributed by atoms with Gasteiger partial charge >= 0.3 is 12.2 Å². The highest BCUT2D eigenvalue weighted by atomic mass is 19.4. The summed E-state index contributed by atoms with van der Waals surface area (Å²) in [5.41, 5.74) is 0. The van der Waals surface area contributed by atoms with E-state index in [9.17, 15) is 18.0 Å². The van der Waals surface area contributed by atoms with Crippen LogP contribution in [0.3, 0.4) is 0 Å². The molecule has 0 aromatic carbocycles. The molecule has 0 saturated carbocycles. The van der Waals surface area contributed by atoms with Crippen LogP contribution in [0.1, 0.15) is 6.42 Å². The highest BCUT2D eigenvalue weighted by molar-refractivity contribution is 5.73. The molecule has 0 saturated heterocycles. The summed E-state index contributed by atoms with van der Waals surface area (Å²) in [6.07, 6.45) is -3.78. The molecule has 90 valence electrons. The first kappa shape index (κ1) is 14.0. The smallest absolute Gasteiger partial charge is 0.385 e. The van der Waals surface area contributed by atoms with Gasteiger partial charge in [0.15, 0.2) is 0 Å². The molecule has 0 fully saturated rings. The number of rotatable bonds is 5. The maximum Gasteiger partial charge on any atom is 0.405 e. The number of alkyl halides is 3. The molecule has 0 aliphatic carbocycles. The Morgan fingerprint density at radius 1 is 1.47 bits per heavy atom. The molecule has 7 heteroatoms. The number of halogens is 3. The Morgan fingerprint density at radius 2 is 2.07 bits per heavy atom. The van der Waals surface area contributed by atoms with E-state index in [0.717, 1.165) is 0 Å². The Balaban J connectivity index is 3.70. The number of urea groups is 1. The van der Waals surface area contributed by atoms with Crippen LogP contribution in [-0.4, -0.2) is 51.0 Å². The molecule has 0 aliphatic rings. The highest BCUT2D eigenvalue weighted by Crippen LogP contribution is 2.12. The van der Waals surface area contributed by atoms with Crippen LogP contribution in [0.25, 0.3) is 0 Å². The van der Waals surface area contributed by atoms with Crippen LogP contribution in [-0.2, 0) is 4.74 Å². The molecule has 15 heavy (non-hydrogen) atoms. The van der Waals surface area contributed by atoms with Crippen molar-refractivity contribution in [2.45, 2.75) is 12.6 Å². The average molecular weight is 228 g/mol. The fraction of sp³-hybridized carbons (Fsp3) is 0.875. The van der Waals surface area contributed by atoms with Crippen LogP contribution in [0.5, 0.6) is 0 Å². The monoisotopic (exact) mass is 228 g/mol. The Labute approximate surface area is 86.4 Å². The predicted molar refractivity (Wildman–Crippen MR) is 48.6 cm³/mol. The Hall–Kier alpha value is -0.980. The van der Waals surface area contributed by atoms with Crippen molar-refractivity contribution in [1.82, 2.24) is 10.2 Å². The van der Waals surface area contributed by atoms with Gasteiger partial charge in [-0.25, -0.2) is 4.79 Å². The molecular formula is C8H15F3N2O2. The topological polar surface area (TPSA) is 41.6 Å². The molecule has 0 aromatic heterocycles. The van der Waals surface area contributed by atoms with Crippen molar-refractivity contribution in [1.29, 1.82) is 0 Å². The molecule has 0 spiro atoms. The van der Waals surface area contributed by atoms with E-state index in [-0.39, 0.29) is 0 Å². The van der Waals surface area contributed by atoms with Gasteiger partial charge in [-0.1, -0.05) is 0 Å². The first-order valence-electron chi connectivity index (χ1n) is 4.41. The molecule has 2 amide bonds. The molecule has 0 bridgehead atoms. The van der Waals surface area contributed by atoms with Gasteiger partial charge in [0.05, 0.1) is 0 Å². The minimum absolute atomic E-state index is 0.359. The third kappa shape index (κ3) is 8.04. The van der Waals surface area contributed by atoms with Gasteiger partial charge in [-0.3, -0.25) is 0 Å². The number of carbonyl (C=O) groups excluding carboxylic acids is 1. The summed E-state index contributed by atoms with van der Waals surface area (Å²) < 4.78 is 39.9. The van der Waals surface area contributed by atoms with Gasteiger partial charge in [-0.2, -0.15) is 13.2 Å². The standard InChI is InChI=1S/C8H15F3N2O2/c1-13(4-3-5-15-2)7(14)12-6-8(9,10)11/h3-6H2,1-2H3,(H,12,14). The summed E-state index contributed by atoms with van der Waals surface area (Å²) in [4.78, 5) is 12.2. The van der Waals surface area contributed by atoms with E-state index in [0.29, 0.717) is 19.6 Å². The Kier molecular flexibility index (Phi) is 6.07. The number of hydrogen-bond acceptors (Lipinski definition) is 2. The van der Waals surface area contributed by atoms with Gasteiger partial charge in [-0.15, -0.1) is 0 Å². The van der Waals surface area contributed by atoms with E-state index in [2.05, 4.69) is 0 Å². The lowest BCUT2D eigenvalue weighted by atomic mass is 10.4. The van der Waals surface area contributed by atoms with Crippen molar-refractivity contribution in [3.63, 3.8) is 0 Å². The summed E-state index contributed by atoms with van der Waals surface area (Å²) in [6.45, 7) is -0.477. The first-order valence-corrected chi connectivity index (χ1v) is 4.41. The van der Waals surface area contributed by atoms with Crippen molar-refractivity contribution in [3.8, 4) is 0 Å². The van der Waals surface area contributed by atoms with Crippen molar-refractivity contribution < 1.29 is 22.7 Å². The van der Waals surface area contributed by atoms with E-state index < -0.39 is 18.8 Å². The third-order valence-corrected chi connectivity index (χ3v) is 1.63. The fourth-order valence-corrected chi connectivity index (χ4v) is 0.858. The van der Waals surface area contributed by atoms with Crippen LogP contribution >= 0.6 is 0 Å². The Bertz CT molecular complexity index is 197. The maximum atomic E-state index is 11.7. The second-order valence-corrected chi connectivity index (χ2v) is 3.04. The second-order valence-electron chi connectivity index (χ2n) is 3.04. The number of carbonyl (C=O) groups is 1. The average Bonchev–Trinajstić information content (AvgIpc) is 2.13. The maximum absolute atomic E-state index is 11.7. The quantitative estimate of drug-likeness (QED) is 0.719. The number of amides is 2. The molecule has 1 N–H and O–H groups in total. The number of ether oxygens (including phenoxy) is 1. The first-order chi connectivity index (χ1) is 6.87. The van der Waals surface area contributed by atoms with Crippen LogP contribution < -0.4 is 5.32 Å². The molecule has 0 aromatic rings. The van der Waals surface area contributed by atoms with Gasteiger partial charge in [-0.05, 0) is 6.42 Å². The lowest BCUT2D eigenvalue weighted by Gasteiger charge is -2.18. The normalized spacial score (nSPS) is 11.3. The summed E-state index contributed by atoms with van der Waals surface area (Å²) in [7, 11) is 2.95. The van der Waals surface area contributed by atoms with E-state index in [1.165, 1.54) is 19.1 Å². The van der Waals surface area contributed by atoms with E-state index in [1.54, 1.807) is 5.32 Å². The molecule has 0 aliphatic heterocycles. The van der Waals surface area contributed by atoms with E-state index in [4.69, 9.17) is 4.74 Å². The highest BCUT2D eigenvalue weighted by Gasteiger charge is 2.28. The van der Waals surface area contributed by atoms with Gasteiger partial charge in [0.2, 0.25) is 0 Å². The van der Waals surface area contributed by atoms with Crippen molar-refractivity contribution in [2.24, 2.45) is 0 Å². The van der Waals surface area contributed by atoms with Gasteiger partial charge in [0.25, 0.3) is 0 Å². The van der Waals surface area contributed by atoms with Crippen molar-refractivity contribution in [3.05, 3.63) is 0 Å². The minimum atomic E-state index is -4.37. The van der Waals surface area contributed by atoms with E-state index in [1.807, 2.05) is 0 Å². The molecule has 0 atom stereocenters. The largest absolute Gasteiger partial charge is 0.405 e. The van der Waals surface area contributed by atoms with Gasteiger partial charge in [0.1, 0.15) is 6.54 Å². The van der Waals surface area contributed by atoms with E-state index >= 15 is 0 Å².